The summed E-state index contributed by atoms with van der Waals surface area (Å²) in [6, 6.07) is 15.1. The number of urea groups is 1. The summed E-state index contributed by atoms with van der Waals surface area (Å²) in [5.41, 5.74) is 5.38. The van der Waals surface area contributed by atoms with Crippen LogP contribution in [-0.2, 0) is 0 Å². The lowest BCUT2D eigenvalue weighted by atomic mass is 10.1. The standard InChI is InChI=1S/C21H18N4O/c1-13-7-8-16(11-14(13)2)24-21(26)25-18-12-15-5-3-9-22-19(15)20-17(18)6-4-10-23-20/h3-12H,1-2H3,(H2,24,25,26). The van der Waals surface area contributed by atoms with Crippen molar-refractivity contribution in [1.82, 2.24) is 9.97 Å². The predicted molar refractivity (Wildman–Crippen MR) is 106 cm³/mol. The summed E-state index contributed by atoms with van der Waals surface area (Å²) in [6.07, 6.45) is 3.48. The van der Waals surface area contributed by atoms with Crippen LogP contribution < -0.4 is 10.6 Å². The lowest BCUT2D eigenvalue weighted by Gasteiger charge is -2.12. The largest absolute Gasteiger partial charge is 0.323 e. The number of hydrogen-bond acceptors (Lipinski definition) is 3. The highest BCUT2D eigenvalue weighted by atomic mass is 16.2. The summed E-state index contributed by atoms with van der Waals surface area (Å²) >= 11 is 0. The summed E-state index contributed by atoms with van der Waals surface area (Å²) in [7, 11) is 0. The Morgan fingerprint density at radius 3 is 2.42 bits per heavy atom. The molecule has 0 aliphatic carbocycles. The fourth-order valence-electron chi connectivity index (χ4n) is 2.98. The maximum Gasteiger partial charge on any atom is 0.323 e. The Kier molecular flexibility index (Phi) is 3.97. The van der Waals surface area contributed by atoms with E-state index in [0.29, 0.717) is 5.69 Å². The van der Waals surface area contributed by atoms with E-state index in [2.05, 4.69) is 20.6 Å². The molecule has 0 aliphatic rings. The van der Waals surface area contributed by atoms with Crippen LogP contribution in [0.3, 0.4) is 0 Å². The first kappa shape index (κ1) is 16.0. The van der Waals surface area contributed by atoms with Gasteiger partial charge in [-0.3, -0.25) is 9.97 Å². The molecule has 128 valence electrons. The van der Waals surface area contributed by atoms with Gasteiger partial charge in [0.15, 0.2) is 0 Å². The minimum Gasteiger partial charge on any atom is -0.308 e. The molecule has 0 spiro atoms. The van der Waals surface area contributed by atoms with E-state index >= 15 is 0 Å². The number of fused-ring (bicyclic) bond motifs is 3. The maximum absolute atomic E-state index is 12.5. The maximum atomic E-state index is 12.5. The number of nitrogens with zero attached hydrogens (tertiary/aromatic N) is 2. The van der Waals surface area contributed by atoms with Crippen LogP contribution in [0.5, 0.6) is 0 Å². The summed E-state index contributed by atoms with van der Waals surface area (Å²) in [6.45, 7) is 4.06. The van der Waals surface area contributed by atoms with Gasteiger partial charge in [-0.25, -0.2) is 4.79 Å². The summed E-state index contributed by atoms with van der Waals surface area (Å²) in [4.78, 5) is 21.4. The lowest BCUT2D eigenvalue weighted by Crippen LogP contribution is -2.19. The van der Waals surface area contributed by atoms with Crippen LogP contribution in [0.2, 0.25) is 0 Å². The van der Waals surface area contributed by atoms with Crippen LogP contribution in [0.15, 0.2) is 60.9 Å². The average Bonchev–Trinajstić information content (AvgIpc) is 2.65. The van der Waals surface area contributed by atoms with Crippen molar-refractivity contribution in [1.29, 1.82) is 0 Å². The van der Waals surface area contributed by atoms with E-state index in [4.69, 9.17) is 0 Å². The van der Waals surface area contributed by atoms with Gasteiger partial charge in [0.2, 0.25) is 0 Å². The van der Waals surface area contributed by atoms with Gasteiger partial charge < -0.3 is 10.6 Å². The molecule has 0 radical (unpaired) electrons. The molecular weight excluding hydrogens is 324 g/mol. The van der Waals surface area contributed by atoms with Crippen LogP contribution in [-0.4, -0.2) is 16.0 Å². The second-order valence-corrected chi connectivity index (χ2v) is 6.28. The van der Waals surface area contributed by atoms with Gasteiger partial charge in [-0.1, -0.05) is 12.1 Å². The molecule has 0 fully saturated rings. The zero-order chi connectivity index (χ0) is 18.1. The van der Waals surface area contributed by atoms with E-state index in [-0.39, 0.29) is 6.03 Å². The highest BCUT2D eigenvalue weighted by Crippen LogP contribution is 2.29. The Morgan fingerprint density at radius 1 is 0.846 bits per heavy atom. The molecule has 0 aliphatic heterocycles. The first-order valence-corrected chi connectivity index (χ1v) is 8.39. The van der Waals surface area contributed by atoms with Gasteiger partial charge in [0, 0.05) is 28.9 Å². The quantitative estimate of drug-likeness (QED) is 0.501. The van der Waals surface area contributed by atoms with Crippen molar-refractivity contribution in [3.63, 3.8) is 0 Å². The molecule has 4 aromatic rings. The SMILES string of the molecule is Cc1ccc(NC(=O)Nc2cc3cccnc3c3ncccc23)cc1C. The van der Waals surface area contributed by atoms with Gasteiger partial charge in [-0.15, -0.1) is 0 Å². The fraction of sp³-hybridized carbons (Fsp3) is 0.0952. The molecule has 2 N–H and O–H groups in total. The number of pyridine rings is 2. The Bertz CT molecular complexity index is 1140. The smallest absolute Gasteiger partial charge is 0.308 e. The summed E-state index contributed by atoms with van der Waals surface area (Å²) in [5.74, 6) is 0. The van der Waals surface area contributed by atoms with E-state index < -0.39 is 0 Å². The number of benzene rings is 2. The van der Waals surface area contributed by atoms with Crippen molar-refractivity contribution < 1.29 is 4.79 Å². The van der Waals surface area contributed by atoms with E-state index in [9.17, 15) is 4.79 Å². The number of nitrogens with one attached hydrogen (secondary N) is 2. The molecular formula is C21H18N4O. The molecule has 4 rings (SSSR count). The average molecular weight is 342 g/mol. The molecule has 2 amide bonds. The third-order valence-electron chi connectivity index (χ3n) is 4.47. The number of amides is 2. The topological polar surface area (TPSA) is 66.9 Å². The number of carbonyl (C=O) groups is 1. The van der Waals surface area contributed by atoms with Crippen molar-refractivity contribution in [2.45, 2.75) is 13.8 Å². The van der Waals surface area contributed by atoms with E-state index in [1.54, 1.807) is 12.4 Å². The van der Waals surface area contributed by atoms with Crippen LogP contribution in [0.4, 0.5) is 16.2 Å². The molecule has 2 aromatic carbocycles. The minimum atomic E-state index is -0.290. The second-order valence-electron chi connectivity index (χ2n) is 6.28. The molecule has 26 heavy (non-hydrogen) atoms. The first-order chi connectivity index (χ1) is 12.6. The van der Waals surface area contributed by atoms with Gasteiger partial charge in [0.1, 0.15) is 0 Å². The molecule has 0 atom stereocenters. The number of rotatable bonds is 2. The fourth-order valence-corrected chi connectivity index (χ4v) is 2.98. The molecule has 2 aromatic heterocycles. The van der Waals surface area contributed by atoms with Crippen molar-refractivity contribution in [2.75, 3.05) is 10.6 Å². The zero-order valence-corrected chi connectivity index (χ0v) is 14.6. The van der Waals surface area contributed by atoms with Gasteiger partial charge in [-0.2, -0.15) is 0 Å². The van der Waals surface area contributed by atoms with Crippen molar-refractivity contribution >= 4 is 39.2 Å². The number of aryl methyl sites for hydroxylation is 2. The Morgan fingerprint density at radius 2 is 1.62 bits per heavy atom. The van der Waals surface area contributed by atoms with E-state index in [0.717, 1.165) is 33.1 Å². The van der Waals surface area contributed by atoms with E-state index in [1.165, 1.54) is 5.56 Å². The van der Waals surface area contributed by atoms with Crippen LogP contribution in [0.25, 0.3) is 21.8 Å². The zero-order valence-electron chi connectivity index (χ0n) is 14.6. The summed E-state index contributed by atoms with van der Waals surface area (Å²) < 4.78 is 0. The van der Waals surface area contributed by atoms with Gasteiger partial charge in [0.25, 0.3) is 0 Å². The Labute approximate surface area is 151 Å². The van der Waals surface area contributed by atoms with Gasteiger partial charge in [-0.05, 0) is 61.4 Å². The van der Waals surface area contributed by atoms with Gasteiger partial charge >= 0.3 is 6.03 Å². The molecule has 5 heteroatoms. The third kappa shape index (κ3) is 2.95. The molecule has 0 saturated carbocycles. The van der Waals surface area contributed by atoms with Crippen molar-refractivity contribution in [3.05, 3.63) is 72.1 Å². The van der Waals surface area contributed by atoms with Crippen LogP contribution in [0.1, 0.15) is 11.1 Å². The van der Waals surface area contributed by atoms with Crippen molar-refractivity contribution in [3.8, 4) is 0 Å². The number of hydrogen-bond donors (Lipinski definition) is 2. The number of aromatic nitrogens is 2. The normalized spacial score (nSPS) is 10.8. The molecule has 0 unspecified atom stereocenters. The molecule has 0 saturated heterocycles. The predicted octanol–water partition coefficient (Wildman–Crippen LogP) is 5.04. The molecule has 5 nitrogen and oxygen atoms in total. The monoisotopic (exact) mass is 342 g/mol. The minimum absolute atomic E-state index is 0.290. The molecule has 2 heterocycles. The third-order valence-corrected chi connectivity index (χ3v) is 4.47. The molecule has 0 bridgehead atoms. The number of carbonyl (C=O) groups excluding carboxylic acids is 1. The van der Waals surface area contributed by atoms with E-state index in [1.807, 2.05) is 62.4 Å². The lowest BCUT2D eigenvalue weighted by molar-refractivity contribution is 0.262. The number of anilines is 2. The second kappa shape index (κ2) is 6.44. The van der Waals surface area contributed by atoms with Gasteiger partial charge in [0.05, 0.1) is 16.7 Å². The summed E-state index contributed by atoms with van der Waals surface area (Å²) in [5, 5.41) is 7.61. The highest BCUT2D eigenvalue weighted by molar-refractivity contribution is 6.13. The van der Waals surface area contributed by atoms with Crippen molar-refractivity contribution in [2.24, 2.45) is 0 Å². The first-order valence-electron chi connectivity index (χ1n) is 8.39. The van der Waals surface area contributed by atoms with Crippen LogP contribution >= 0.6 is 0 Å². The Balaban J connectivity index is 1.69. The van der Waals surface area contributed by atoms with Crippen LogP contribution in [0, 0.1) is 13.8 Å². The highest BCUT2D eigenvalue weighted by Gasteiger charge is 2.11. The Hall–Kier alpha value is -3.47.